The van der Waals surface area contributed by atoms with E-state index < -0.39 is 0 Å². The van der Waals surface area contributed by atoms with Crippen molar-refractivity contribution in [2.24, 2.45) is 0 Å². The van der Waals surface area contributed by atoms with E-state index >= 15 is 0 Å². The fourth-order valence-corrected chi connectivity index (χ4v) is 4.35. The Hall–Kier alpha value is -0.130. The van der Waals surface area contributed by atoms with Crippen molar-refractivity contribution in [3.8, 4) is 0 Å². The van der Waals surface area contributed by atoms with Gasteiger partial charge in [-0.15, -0.1) is 24.0 Å². The minimum absolute atomic E-state index is 0.0578. The van der Waals surface area contributed by atoms with Crippen molar-refractivity contribution in [1.82, 2.24) is 5.32 Å². The van der Waals surface area contributed by atoms with Crippen LogP contribution in [0.4, 0.5) is 0 Å². The summed E-state index contributed by atoms with van der Waals surface area (Å²) >= 11 is 7.68. The van der Waals surface area contributed by atoms with Gasteiger partial charge in [0.05, 0.1) is 4.88 Å². The van der Waals surface area contributed by atoms with Crippen LogP contribution in [0, 0.1) is 0 Å². The maximum atomic E-state index is 11.9. The molecule has 1 saturated carbocycles. The Bertz CT molecular complexity index is 391. The topological polar surface area (TPSA) is 29.1 Å². The summed E-state index contributed by atoms with van der Waals surface area (Å²) in [6.07, 6.45) is 3.46. The molecule has 0 bridgehead atoms. The molecular formula is C12H17NOS3. The summed E-state index contributed by atoms with van der Waals surface area (Å²) in [5.74, 6) is 1.22. The minimum Gasteiger partial charge on any atom is -0.349 e. The van der Waals surface area contributed by atoms with Crippen molar-refractivity contribution in [1.29, 1.82) is 0 Å². The Morgan fingerprint density at radius 3 is 3.12 bits per heavy atom. The molecule has 0 saturated heterocycles. The van der Waals surface area contributed by atoms with Gasteiger partial charge in [-0.25, -0.2) is 0 Å². The van der Waals surface area contributed by atoms with Gasteiger partial charge in [-0.3, -0.25) is 4.79 Å². The molecule has 94 valence electrons. The van der Waals surface area contributed by atoms with Gasteiger partial charge in [0, 0.05) is 21.6 Å². The van der Waals surface area contributed by atoms with E-state index in [1.54, 1.807) is 0 Å². The zero-order valence-electron chi connectivity index (χ0n) is 9.81. The van der Waals surface area contributed by atoms with E-state index in [0.717, 1.165) is 27.9 Å². The second-order valence-electron chi connectivity index (χ2n) is 4.23. The SMILES string of the molecule is CCSC1CCC(NC(=O)c2cc(S)cs2)C1. The monoisotopic (exact) mass is 287 g/mol. The molecule has 0 aromatic carbocycles. The van der Waals surface area contributed by atoms with Gasteiger partial charge in [-0.2, -0.15) is 11.8 Å². The van der Waals surface area contributed by atoms with Crippen molar-refractivity contribution < 1.29 is 4.79 Å². The molecule has 1 aromatic rings. The van der Waals surface area contributed by atoms with Crippen LogP contribution in [0.15, 0.2) is 16.3 Å². The maximum Gasteiger partial charge on any atom is 0.261 e. The average Bonchev–Trinajstić information content (AvgIpc) is 2.88. The molecule has 1 aliphatic rings. The first-order valence-electron chi connectivity index (χ1n) is 5.89. The van der Waals surface area contributed by atoms with Crippen LogP contribution in [0.1, 0.15) is 35.9 Å². The summed E-state index contributed by atoms with van der Waals surface area (Å²) in [6.45, 7) is 2.19. The lowest BCUT2D eigenvalue weighted by Gasteiger charge is -2.12. The number of hydrogen-bond donors (Lipinski definition) is 2. The van der Waals surface area contributed by atoms with Crippen molar-refractivity contribution >= 4 is 41.6 Å². The van der Waals surface area contributed by atoms with Crippen molar-refractivity contribution in [3.05, 3.63) is 16.3 Å². The number of rotatable bonds is 4. The molecule has 1 heterocycles. The van der Waals surface area contributed by atoms with Crippen molar-refractivity contribution in [2.45, 2.75) is 42.4 Å². The molecule has 1 N–H and O–H groups in total. The Morgan fingerprint density at radius 2 is 2.47 bits per heavy atom. The van der Waals surface area contributed by atoms with Gasteiger partial charge in [0.1, 0.15) is 0 Å². The van der Waals surface area contributed by atoms with Gasteiger partial charge in [-0.05, 0) is 31.1 Å². The van der Waals surface area contributed by atoms with E-state index in [0.29, 0.717) is 6.04 Å². The van der Waals surface area contributed by atoms with E-state index in [4.69, 9.17) is 0 Å². The van der Waals surface area contributed by atoms with E-state index in [-0.39, 0.29) is 5.91 Å². The quantitative estimate of drug-likeness (QED) is 0.831. The highest BCUT2D eigenvalue weighted by Crippen LogP contribution is 2.30. The second-order valence-corrected chi connectivity index (χ2v) is 7.23. The summed E-state index contributed by atoms with van der Waals surface area (Å²) in [4.78, 5) is 13.6. The Kier molecular flexibility index (Phi) is 4.82. The Balaban J connectivity index is 1.84. The third-order valence-electron chi connectivity index (χ3n) is 2.93. The van der Waals surface area contributed by atoms with Crippen LogP contribution in [0.3, 0.4) is 0 Å². The highest BCUT2D eigenvalue weighted by atomic mass is 32.2. The number of thiophene rings is 1. The zero-order chi connectivity index (χ0) is 12.3. The molecule has 1 aliphatic carbocycles. The van der Waals surface area contributed by atoms with Gasteiger partial charge in [0.2, 0.25) is 0 Å². The highest BCUT2D eigenvalue weighted by molar-refractivity contribution is 7.99. The predicted molar refractivity (Wildman–Crippen MR) is 78.6 cm³/mol. The van der Waals surface area contributed by atoms with Crippen LogP contribution >= 0.6 is 35.7 Å². The summed E-state index contributed by atoms with van der Waals surface area (Å²) in [7, 11) is 0. The number of carbonyl (C=O) groups is 1. The molecule has 5 heteroatoms. The number of carbonyl (C=O) groups excluding carboxylic acids is 1. The molecule has 2 rings (SSSR count). The molecule has 1 fully saturated rings. The lowest BCUT2D eigenvalue weighted by Crippen LogP contribution is -2.32. The molecule has 17 heavy (non-hydrogen) atoms. The van der Waals surface area contributed by atoms with Crippen molar-refractivity contribution in [3.63, 3.8) is 0 Å². The number of thiol groups is 1. The predicted octanol–water partition coefficient (Wildman–Crippen LogP) is 3.44. The first-order chi connectivity index (χ1) is 8.19. The molecule has 1 aromatic heterocycles. The van der Waals surface area contributed by atoms with E-state index in [1.807, 2.05) is 23.2 Å². The lowest BCUT2D eigenvalue weighted by atomic mass is 10.2. The first kappa shape index (κ1) is 13.3. The Labute approximate surface area is 116 Å². The van der Waals surface area contributed by atoms with Crippen LogP contribution in [0.25, 0.3) is 0 Å². The summed E-state index contributed by atoms with van der Waals surface area (Å²) in [5, 5.41) is 5.74. The minimum atomic E-state index is 0.0578. The van der Waals surface area contributed by atoms with E-state index in [9.17, 15) is 4.79 Å². The van der Waals surface area contributed by atoms with E-state index in [1.165, 1.54) is 23.5 Å². The lowest BCUT2D eigenvalue weighted by molar-refractivity contribution is 0.0942. The molecular weight excluding hydrogens is 270 g/mol. The summed E-state index contributed by atoms with van der Waals surface area (Å²) < 4.78 is 0. The molecule has 2 unspecified atom stereocenters. The fourth-order valence-electron chi connectivity index (χ4n) is 2.16. The fraction of sp³-hybridized carbons (Fsp3) is 0.583. The van der Waals surface area contributed by atoms with Crippen LogP contribution in [-0.4, -0.2) is 23.0 Å². The van der Waals surface area contributed by atoms with Crippen LogP contribution in [0.5, 0.6) is 0 Å². The molecule has 0 radical (unpaired) electrons. The van der Waals surface area contributed by atoms with Crippen LogP contribution in [-0.2, 0) is 0 Å². The summed E-state index contributed by atoms with van der Waals surface area (Å²) in [6, 6.07) is 2.19. The highest BCUT2D eigenvalue weighted by Gasteiger charge is 2.26. The van der Waals surface area contributed by atoms with Crippen LogP contribution < -0.4 is 5.32 Å². The molecule has 2 nitrogen and oxygen atoms in total. The third kappa shape index (κ3) is 3.66. The second kappa shape index (κ2) is 6.16. The number of nitrogens with one attached hydrogen (secondary N) is 1. The molecule has 1 amide bonds. The number of amides is 1. The van der Waals surface area contributed by atoms with Crippen LogP contribution in [0.2, 0.25) is 0 Å². The first-order valence-corrected chi connectivity index (χ1v) is 8.26. The summed E-state index contributed by atoms with van der Waals surface area (Å²) in [5.41, 5.74) is 0. The van der Waals surface area contributed by atoms with Gasteiger partial charge < -0.3 is 5.32 Å². The van der Waals surface area contributed by atoms with E-state index in [2.05, 4.69) is 24.9 Å². The normalized spacial score (nSPS) is 23.9. The molecule has 2 atom stereocenters. The number of hydrogen-bond acceptors (Lipinski definition) is 4. The Morgan fingerprint density at radius 1 is 1.65 bits per heavy atom. The molecule has 0 aliphatic heterocycles. The smallest absolute Gasteiger partial charge is 0.261 e. The number of thioether (sulfide) groups is 1. The van der Waals surface area contributed by atoms with Gasteiger partial charge >= 0.3 is 0 Å². The standard InChI is InChI=1S/C12H17NOS3/c1-2-16-10-4-3-8(5-10)13-12(14)11-6-9(15)7-17-11/h6-8,10,15H,2-5H2,1H3,(H,13,14). The van der Waals surface area contributed by atoms with Gasteiger partial charge in [0.15, 0.2) is 0 Å². The van der Waals surface area contributed by atoms with Gasteiger partial charge in [0.25, 0.3) is 5.91 Å². The molecule has 0 spiro atoms. The zero-order valence-corrected chi connectivity index (χ0v) is 12.3. The van der Waals surface area contributed by atoms with Crippen molar-refractivity contribution in [2.75, 3.05) is 5.75 Å². The maximum absolute atomic E-state index is 11.9. The largest absolute Gasteiger partial charge is 0.349 e. The van der Waals surface area contributed by atoms with Gasteiger partial charge in [-0.1, -0.05) is 6.92 Å². The third-order valence-corrected chi connectivity index (χ3v) is 5.53. The average molecular weight is 287 g/mol.